The molecule has 8 aromatic carbocycles. The summed E-state index contributed by atoms with van der Waals surface area (Å²) in [6, 6.07) is 69.9. The maximum Gasteiger partial charge on any atom is 0.0541 e. The summed E-state index contributed by atoms with van der Waals surface area (Å²) < 4.78 is 7.03. The number of hydrogen-bond donors (Lipinski definition) is 0. The van der Waals surface area contributed by atoms with Crippen LogP contribution in [-0.2, 0) is 0 Å². The Morgan fingerprint density at radius 1 is 0.390 bits per heavy atom. The van der Waals surface area contributed by atoms with Gasteiger partial charge in [-0.05, 0) is 110 Å². The number of allylic oxidation sites excluding steroid dienone is 4. The third-order valence-electron chi connectivity index (χ3n) is 11.6. The Hall–Kier alpha value is -7.82. The molecule has 0 aliphatic rings. The van der Waals surface area contributed by atoms with Gasteiger partial charge >= 0.3 is 0 Å². The first-order chi connectivity index (χ1) is 29.3. The van der Waals surface area contributed by atoms with Gasteiger partial charge in [0.2, 0.25) is 0 Å². The van der Waals surface area contributed by atoms with Gasteiger partial charge in [-0.3, -0.25) is 0 Å². The maximum atomic E-state index is 2.37. The Bertz CT molecular complexity index is 3120. The second-order valence-corrected chi connectivity index (χ2v) is 14.9. The number of nitrogens with zero attached hydrogens (tertiary/aromatic N) is 4. The molecular weight excluding hydrogens is 717 g/mol. The summed E-state index contributed by atoms with van der Waals surface area (Å²) in [7, 11) is 0. The molecule has 3 aromatic heterocycles. The second kappa shape index (κ2) is 14.3. The van der Waals surface area contributed by atoms with Crippen LogP contribution < -0.4 is 4.90 Å². The van der Waals surface area contributed by atoms with Crippen molar-refractivity contribution in [2.75, 3.05) is 4.90 Å². The van der Waals surface area contributed by atoms with E-state index < -0.39 is 0 Å². The second-order valence-electron chi connectivity index (χ2n) is 14.9. The predicted molar refractivity (Wildman–Crippen MR) is 251 cm³/mol. The van der Waals surface area contributed by atoms with Gasteiger partial charge in [0.05, 0.1) is 33.1 Å². The van der Waals surface area contributed by atoms with Gasteiger partial charge in [0.15, 0.2) is 0 Å². The van der Waals surface area contributed by atoms with Crippen LogP contribution in [0, 0.1) is 0 Å². The highest BCUT2D eigenvalue weighted by molar-refractivity contribution is 6.11. The molecule has 0 radical (unpaired) electrons. The van der Waals surface area contributed by atoms with Gasteiger partial charge in [-0.15, -0.1) is 0 Å². The van der Waals surface area contributed by atoms with Gasteiger partial charge in [-0.2, -0.15) is 0 Å². The predicted octanol–water partition coefficient (Wildman–Crippen LogP) is 14.8. The van der Waals surface area contributed by atoms with Crippen molar-refractivity contribution in [3.05, 3.63) is 224 Å². The highest BCUT2D eigenvalue weighted by Crippen LogP contribution is 2.37. The standard InChI is InChI=1S/C55H40N4/c1-2-16-39(17-15-38-56-50-24-9-3-18-44(50)45-19-4-10-25-51(45)56)57(40-30-34-42(35-31-40)58-52-26-11-5-20-46(52)47-21-6-12-27-53(47)58)41-32-36-43(37-33-41)59-54-28-13-7-22-48(54)49-23-8-14-29-55(49)59/h2-38H,1H3/b16-2-,38-15+,39-17+. The van der Waals surface area contributed by atoms with Crippen LogP contribution in [0.2, 0.25) is 0 Å². The maximum absolute atomic E-state index is 2.37. The van der Waals surface area contributed by atoms with Crippen molar-refractivity contribution < 1.29 is 0 Å². The first-order valence-electron chi connectivity index (χ1n) is 20.2. The first-order valence-corrected chi connectivity index (χ1v) is 20.2. The molecule has 0 spiro atoms. The Morgan fingerprint density at radius 3 is 1.07 bits per heavy atom. The van der Waals surface area contributed by atoms with E-state index in [1.165, 1.54) is 65.4 Å². The third-order valence-corrected chi connectivity index (χ3v) is 11.6. The number of hydrogen-bond acceptors (Lipinski definition) is 1. The van der Waals surface area contributed by atoms with Crippen molar-refractivity contribution in [1.82, 2.24) is 13.7 Å². The van der Waals surface area contributed by atoms with Crippen molar-refractivity contribution in [3.8, 4) is 11.4 Å². The number of rotatable bonds is 8. The molecule has 0 fully saturated rings. The summed E-state index contributed by atoms with van der Waals surface area (Å²) in [5.41, 5.74) is 12.6. The Kier molecular flexibility index (Phi) is 8.34. The van der Waals surface area contributed by atoms with Gasteiger partial charge in [0, 0.05) is 67.0 Å². The molecule has 0 saturated carbocycles. The summed E-state index contributed by atoms with van der Waals surface area (Å²) in [6.45, 7) is 2.08. The fourth-order valence-electron chi connectivity index (χ4n) is 9.07. The lowest BCUT2D eigenvalue weighted by Crippen LogP contribution is -2.15. The van der Waals surface area contributed by atoms with E-state index >= 15 is 0 Å². The highest BCUT2D eigenvalue weighted by Gasteiger charge is 2.17. The van der Waals surface area contributed by atoms with Gasteiger partial charge in [0.25, 0.3) is 0 Å². The van der Waals surface area contributed by atoms with Crippen LogP contribution in [0.1, 0.15) is 6.92 Å². The number of anilines is 2. The fraction of sp³-hybridized carbons (Fsp3) is 0.0182. The molecule has 0 saturated heterocycles. The fourth-order valence-corrected chi connectivity index (χ4v) is 9.07. The summed E-state index contributed by atoms with van der Waals surface area (Å²) >= 11 is 0. The van der Waals surface area contributed by atoms with Crippen LogP contribution in [0.5, 0.6) is 0 Å². The quantitative estimate of drug-likeness (QED) is 0.141. The van der Waals surface area contributed by atoms with E-state index in [1.54, 1.807) is 0 Å². The van der Waals surface area contributed by atoms with E-state index in [-0.39, 0.29) is 0 Å². The molecule has 0 amide bonds. The number of fused-ring (bicyclic) bond motifs is 9. The van der Waals surface area contributed by atoms with Crippen molar-refractivity contribution in [3.63, 3.8) is 0 Å². The average molecular weight is 757 g/mol. The zero-order valence-corrected chi connectivity index (χ0v) is 32.7. The Labute approximate surface area is 342 Å². The van der Waals surface area contributed by atoms with Crippen LogP contribution in [0.3, 0.4) is 0 Å². The SMILES string of the molecule is C\C=C/C(=C\C=C\n1c2ccccc2c2ccccc21)N(c1ccc(-n2c3ccccc3c3ccccc32)cc1)c1ccc(-n2c3ccccc3c3ccccc32)cc1. The summed E-state index contributed by atoms with van der Waals surface area (Å²) in [5, 5.41) is 7.52. The molecule has 59 heavy (non-hydrogen) atoms. The van der Waals surface area contributed by atoms with Gasteiger partial charge < -0.3 is 18.6 Å². The number of aromatic nitrogens is 3. The van der Waals surface area contributed by atoms with Crippen molar-refractivity contribution >= 4 is 83.0 Å². The Morgan fingerprint density at radius 2 is 0.712 bits per heavy atom. The molecule has 0 N–H and O–H groups in total. The molecule has 0 aliphatic heterocycles. The lowest BCUT2D eigenvalue weighted by molar-refractivity contribution is 1.15. The van der Waals surface area contributed by atoms with Crippen molar-refractivity contribution in [2.45, 2.75) is 6.92 Å². The molecule has 0 bridgehead atoms. The highest BCUT2D eigenvalue weighted by atomic mass is 15.1. The molecule has 4 heteroatoms. The lowest BCUT2D eigenvalue weighted by Gasteiger charge is -2.27. The summed E-state index contributed by atoms with van der Waals surface area (Å²) in [5.74, 6) is 0. The molecule has 4 nitrogen and oxygen atoms in total. The summed E-state index contributed by atoms with van der Waals surface area (Å²) in [4.78, 5) is 2.35. The molecule has 11 aromatic rings. The molecule has 3 heterocycles. The van der Waals surface area contributed by atoms with Gasteiger partial charge in [-0.1, -0.05) is 115 Å². The largest absolute Gasteiger partial charge is 0.316 e. The zero-order chi connectivity index (χ0) is 39.3. The van der Waals surface area contributed by atoms with E-state index in [0.29, 0.717) is 0 Å². The third kappa shape index (κ3) is 5.68. The van der Waals surface area contributed by atoms with Crippen LogP contribution in [0.25, 0.3) is 83.0 Å². The minimum Gasteiger partial charge on any atom is -0.316 e. The zero-order valence-electron chi connectivity index (χ0n) is 32.7. The van der Waals surface area contributed by atoms with E-state index in [9.17, 15) is 0 Å². The molecule has 0 atom stereocenters. The van der Waals surface area contributed by atoms with Crippen molar-refractivity contribution in [2.24, 2.45) is 0 Å². The molecule has 0 aliphatic carbocycles. The van der Waals surface area contributed by atoms with Crippen LogP contribution >= 0.6 is 0 Å². The molecule has 0 unspecified atom stereocenters. The minimum absolute atomic E-state index is 1.04. The number of para-hydroxylation sites is 6. The normalized spacial score (nSPS) is 12.5. The van der Waals surface area contributed by atoms with E-state index in [4.69, 9.17) is 0 Å². The van der Waals surface area contributed by atoms with Crippen LogP contribution in [-0.4, -0.2) is 13.7 Å². The van der Waals surface area contributed by atoms with Crippen LogP contribution in [0.4, 0.5) is 11.4 Å². The molecule has 11 rings (SSSR count). The number of benzene rings is 8. The van der Waals surface area contributed by atoms with E-state index in [0.717, 1.165) is 28.4 Å². The van der Waals surface area contributed by atoms with E-state index in [2.05, 4.69) is 250 Å². The Balaban J connectivity index is 1.05. The topological polar surface area (TPSA) is 18.0 Å². The smallest absolute Gasteiger partial charge is 0.0541 e. The lowest BCUT2D eigenvalue weighted by atomic mass is 10.1. The van der Waals surface area contributed by atoms with Crippen molar-refractivity contribution in [1.29, 1.82) is 0 Å². The molecule has 280 valence electrons. The summed E-state index contributed by atoms with van der Waals surface area (Å²) in [6.07, 6.45) is 10.9. The van der Waals surface area contributed by atoms with E-state index in [1.807, 2.05) is 0 Å². The van der Waals surface area contributed by atoms with Gasteiger partial charge in [0.1, 0.15) is 0 Å². The molecular formula is C55H40N4. The monoisotopic (exact) mass is 756 g/mol. The minimum atomic E-state index is 1.04. The average Bonchev–Trinajstić information content (AvgIpc) is 3.93. The van der Waals surface area contributed by atoms with Gasteiger partial charge in [-0.25, -0.2) is 0 Å². The first kappa shape index (κ1) is 34.4. The van der Waals surface area contributed by atoms with Crippen LogP contribution in [0.15, 0.2) is 224 Å².